The lowest BCUT2D eigenvalue weighted by molar-refractivity contribution is -0.139. The Kier molecular flexibility index (Phi) is 2.43. The number of aliphatic hydroxyl groups excluding tert-OH is 1. The minimum absolute atomic E-state index is 0.0313. The summed E-state index contributed by atoms with van der Waals surface area (Å²) in [5.74, 6) is -0.543. The fraction of sp³-hybridized carbons (Fsp3) is 0.600. The smallest absolute Gasteiger partial charge is 0.334 e. The Labute approximate surface area is 112 Å². The predicted octanol–water partition coefficient (Wildman–Crippen LogP) is 2.31. The van der Waals surface area contributed by atoms with Crippen molar-refractivity contribution in [3.05, 3.63) is 23.5 Å². The normalized spacial score (nSPS) is 42.0. The fourth-order valence-electron chi connectivity index (χ4n) is 4.07. The van der Waals surface area contributed by atoms with Crippen LogP contribution < -0.4 is 0 Å². The number of rotatable bonds is 0. The number of ether oxygens (including phenoxy) is 1. The van der Waals surface area contributed by atoms with Crippen molar-refractivity contribution in [2.75, 3.05) is 0 Å². The first kappa shape index (κ1) is 12.5. The standard InChI is InChI=1S/C15H18O4/c1-7-4-11-9(8(2)14(18)19-11)5-15(3)6-10(16)13(17)12(7)15/h7,9,11,17H,2,4-6H2,1,3H3. The molecular formula is C15H18O4. The Morgan fingerprint density at radius 3 is 2.79 bits per heavy atom. The first-order valence-electron chi connectivity index (χ1n) is 6.70. The van der Waals surface area contributed by atoms with E-state index in [0.29, 0.717) is 24.8 Å². The van der Waals surface area contributed by atoms with Crippen molar-refractivity contribution in [3.63, 3.8) is 0 Å². The molecule has 1 N–H and O–H groups in total. The first-order chi connectivity index (χ1) is 8.83. The molecule has 4 nitrogen and oxygen atoms in total. The molecule has 4 atom stereocenters. The molecule has 1 aliphatic heterocycles. The number of aliphatic hydroxyl groups is 1. The minimum Gasteiger partial charge on any atom is -0.504 e. The van der Waals surface area contributed by atoms with Gasteiger partial charge in [-0.1, -0.05) is 20.4 Å². The largest absolute Gasteiger partial charge is 0.504 e. The predicted molar refractivity (Wildman–Crippen MR) is 68.3 cm³/mol. The molecule has 1 heterocycles. The SMILES string of the molecule is C=C1C(=O)OC2CC(C)C3=C(O)C(=O)CC3(C)CC12. The van der Waals surface area contributed by atoms with Gasteiger partial charge in [0, 0.05) is 23.3 Å². The molecule has 1 saturated carbocycles. The number of hydrogen-bond acceptors (Lipinski definition) is 4. The van der Waals surface area contributed by atoms with Crippen LogP contribution in [0.1, 0.15) is 33.1 Å². The molecule has 0 aromatic carbocycles. The molecule has 3 rings (SSSR count). The van der Waals surface area contributed by atoms with E-state index in [1.54, 1.807) is 0 Å². The van der Waals surface area contributed by atoms with Crippen molar-refractivity contribution in [3.8, 4) is 0 Å². The highest BCUT2D eigenvalue weighted by molar-refractivity contribution is 5.98. The van der Waals surface area contributed by atoms with Gasteiger partial charge in [0.25, 0.3) is 0 Å². The van der Waals surface area contributed by atoms with Crippen LogP contribution in [0.15, 0.2) is 23.5 Å². The second-order valence-corrected chi connectivity index (χ2v) is 6.34. The van der Waals surface area contributed by atoms with Gasteiger partial charge in [0.1, 0.15) is 6.10 Å². The molecule has 0 spiro atoms. The summed E-state index contributed by atoms with van der Waals surface area (Å²) in [6.07, 6.45) is 1.46. The molecule has 19 heavy (non-hydrogen) atoms. The zero-order chi connectivity index (χ0) is 13.9. The maximum Gasteiger partial charge on any atom is 0.334 e. The summed E-state index contributed by atoms with van der Waals surface area (Å²) in [7, 11) is 0. The number of hydrogen-bond donors (Lipinski definition) is 1. The first-order valence-corrected chi connectivity index (χ1v) is 6.70. The Hall–Kier alpha value is -1.58. The number of ketones is 1. The average Bonchev–Trinajstić information content (AvgIpc) is 2.63. The van der Waals surface area contributed by atoms with Gasteiger partial charge in [0.15, 0.2) is 11.5 Å². The monoisotopic (exact) mass is 262 g/mol. The summed E-state index contributed by atoms with van der Waals surface area (Å²) in [5.41, 5.74) is 0.992. The van der Waals surface area contributed by atoms with Crippen LogP contribution in [0.2, 0.25) is 0 Å². The molecule has 4 unspecified atom stereocenters. The van der Waals surface area contributed by atoms with Gasteiger partial charge < -0.3 is 9.84 Å². The van der Waals surface area contributed by atoms with E-state index in [1.807, 2.05) is 13.8 Å². The number of esters is 1. The molecule has 0 aromatic heterocycles. The van der Waals surface area contributed by atoms with Crippen molar-refractivity contribution >= 4 is 11.8 Å². The summed E-state index contributed by atoms with van der Waals surface area (Å²) < 4.78 is 5.37. The number of Topliss-reactive ketones (excluding diaryl/α,β-unsaturated/α-hetero) is 1. The quantitative estimate of drug-likeness (QED) is 0.537. The highest BCUT2D eigenvalue weighted by Crippen LogP contribution is 2.54. The Bertz CT molecular complexity index is 530. The van der Waals surface area contributed by atoms with Gasteiger partial charge in [0.05, 0.1) is 0 Å². The van der Waals surface area contributed by atoms with Crippen LogP contribution in [0.4, 0.5) is 0 Å². The molecule has 1 saturated heterocycles. The van der Waals surface area contributed by atoms with Crippen molar-refractivity contribution in [1.29, 1.82) is 0 Å². The molecular weight excluding hydrogens is 244 g/mol. The van der Waals surface area contributed by atoms with E-state index >= 15 is 0 Å². The lowest BCUT2D eigenvalue weighted by Gasteiger charge is -2.29. The summed E-state index contributed by atoms with van der Waals surface area (Å²) >= 11 is 0. The van der Waals surface area contributed by atoms with E-state index in [2.05, 4.69) is 6.58 Å². The van der Waals surface area contributed by atoms with Gasteiger partial charge in [-0.15, -0.1) is 0 Å². The molecule has 2 aliphatic carbocycles. The van der Waals surface area contributed by atoms with E-state index in [-0.39, 0.29) is 40.9 Å². The molecule has 0 bridgehead atoms. The summed E-state index contributed by atoms with van der Waals surface area (Å²) in [6.45, 7) is 7.82. The number of fused-ring (bicyclic) bond motifs is 2. The molecule has 0 amide bonds. The lowest BCUT2D eigenvalue weighted by Crippen LogP contribution is -2.23. The fourth-order valence-corrected chi connectivity index (χ4v) is 4.07. The minimum atomic E-state index is -0.364. The summed E-state index contributed by atoms with van der Waals surface area (Å²) in [5, 5.41) is 10.0. The maximum absolute atomic E-state index is 11.8. The Balaban J connectivity index is 2.05. The Morgan fingerprint density at radius 1 is 1.42 bits per heavy atom. The maximum atomic E-state index is 11.8. The van der Waals surface area contributed by atoms with Crippen molar-refractivity contribution in [1.82, 2.24) is 0 Å². The second kappa shape index (κ2) is 3.71. The Morgan fingerprint density at radius 2 is 2.11 bits per heavy atom. The van der Waals surface area contributed by atoms with Gasteiger partial charge in [-0.3, -0.25) is 4.79 Å². The highest BCUT2D eigenvalue weighted by Gasteiger charge is 2.53. The zero-order valence-corrected chi connectivity index (χ0v) is 11.2. The van der Waals surface area contributed by atoms with Crippen LogP contribution in [0.5, 0.6) is 0 Å². The third-order valence-electron chi connectivity index (χ3n) is 4.89. The summed E-state index contributed by atoms with van der Waals surface area (Å²) in [4.78, 5) is 23.4. The van der Waals surface area contributed by atoms with Crippen molar-refractivity contribution in [2.45, 2.75) is 39.2 Å². The van der Waals surface area contributed by atoms with Gasteiger partial charge >= 0.3 is 5.97 Å². The van der Waals surface area contributed by atoms with E-state index in [4.69, 9.17) is 4.74 Å². The van der Waals surface area contributed by atoms with E-state index in [0.717, 1.165) is 5.57 Å². The molecule has 102 valence electrons. The van der Waals surface area contributed by atoms with E-state index in [1.165, 1.54) is 0 Å². The average molecular weight is 262 g/mol. The van der Waals surface area contributed by atoms with Crippen LogP contribution in [-0.2, 0) is 14.3 Å². The van der Waals surface area contributed by atoms with Crippen LogP contribution >= 0.6 is 0 Å². The second-order valence-electron chi connectivity index (χ2n) is 6.34. The van der Waals surface area contributed by atoms with E-state index in [9.17, 15) is 14.7 Å². The third kappa shape index (κ3) is 1.58. The van der Waals surface area contributed by atoms with Gasteiger partial charge in [-0.05, 0) is 24.3 Å². The van der Waals surface area contributed by atoms with Gasteiger partial charge in [0.2, 0.25) is 0 Å². The van der Waals surface area contributed by atoms with Crippen LogP contribution in [-0.4, -0.2) is 23.0 Å². The van der Waals surface area contributed by atoms with Crippen LogP contribution in [0.3, 0.4) is 0 Å². The zero-order valence-electron chi connectivity index (χ0n) is 11.2. The van der Waals surface area contributed by atoms with Gasteiger partial charge in [-0.2, -0.15) is 0 Å². The number of carbonyl (C=O) groups is 2. The molecule has 3 aliphatic rings. The summed E-state index contributed by atoms with van der Waals surface area (Å²) in [6, 6.07) is 0. The van der Waals surface area contributed by atoms with Crippen molar-refractivity contribution in [2.24, 2.45) is 17.3 Å². The number of carbonyl (C=O) groups excluding carboxylic acids is 2. The van der Waals surface area contributed by atoms with Crippen LogP contribution in [0, 0.1) is 17.3 Å². The van der Waals surface area contributed by atoms with Crippen molar-refractivity contribution < 1.29 is 19.4 Å². The van der Waals surface area contributed by atoms with Crippen LogP contribution in [0.25, 0.3) is 0 Å². The third-order valence-corrected chi connectivity index (χ3v) is 4.89. The number of allylic oxidation sites excluding steroid dienone is 2. The lowest BCUT2D eigenvalue weighted by atomic mass is 9.73. The molecule has 0 aromatic rings. The highest BCUT2D eigenvalue weighted by atomic mass is 16.6. The topological polar surface area (TPSA) is 63.6 Å². The molecule has 4 heteroatoms. The molecule has 0 radical (unpaired) electrons. The van der Waals surface area contributed by atoms with Gasteiger partial charge in [-0.25, -0.2) is 4.79 Å². The van der Waals surface area contributed by atoms with E-state index < -0.39 is 0 Å². The molecule has 2 fully saturated rings.